The van der Waals surface area contributed by atoms with Crippen LogP contribution in [0.1, 0.15) is 13.8 Å². The molecule has 2 N–H and O–H groups in total. The van der Waals surface area contributed by atoms with E-state index in [9.17, 15) is 0 Å². The second kappa shape index (κ2) is 22.0. The largest absolute Gasteiger partial charge is 0.394 e. The summed E-state index contributed by atoms with van der Waals surface area (Å²) in [6.07, 6.45) is 0.426. The van der Waals surface area contributed by atoms with Gasteiger partial charge in [0.1, 0.15) is 6.10 Å². The summed E-state index contributed by atoms with van der Waals surface area (Å²) in [6, 6.07) is 0. The quantitative estimate of drug-likeness (QED) is 0.412. The standard InChI is InChI=1S/C6H14O4.C4H8O2.C4H10O/c7-1-3-9-5-6-10-4-2-8;1-5-2-4-3-6-4;1-3-5-4-2/h7-8H,1-6H2;4H,2-3H2,1H3;3-4H2,1-2H3. The lowest BCUT2D eigenvalue weighted by molar-refractivity contribution is 0.0222. The second-order valence-electron chi connectivity index (χ2n) is 3.86. The normalized spacial score (nSPS) is 15.6. The summed E-state index contributed by atoms with van der Waals surface area (Å²) in [5, 5.41) is 16.5. The molecule has 130 valence electrons. The molecule has 1 heterocycles. The number of methoxy groups -OCH3 is 1. The van der Waals surface area contributed by atoms with Crippen LogP contribution < -0.4 is 0 Å². The van der Waals surface area contributed by atoms with Gasteiger partial charge >= 0.3 is 0 Å². The van der Waals surface area contributed by atoms with Crippen molar-refractivity contribution in [3.63, 3.8) is 0 Å². The minimum atomic E-state index is 0.0417. The molecule has 0 aromatic rings. The van der Waals surface area contributed by atoms with E-state index in [4.69, 9.17) is 33.9 Å². The van der Waals surface area contributed by atoms with Crippen LogP contribution in [0.3, 0.4) is 0 Å². The summed E-state index contributed by atoms with van der Waals surface area (Å²) < 4.78 is 24.1. The van der Waals surface area contributed by atoms with Crippen LogP contribution in [0, 0.1) is 0 Å². The molecule has 0 saturated carbocycles. The molecule has 1 aliphatic rings. The third-order valence-electron chi connectivity index (χ3n) is 2.01. The topological polar surface area (TPSA) is 89.9 Å². The van der Waals surface area contributed by atoms with Gasteiger partial charge in [-0.25, -0.2) is 0 Å². The molecular weight excluding hydrogens is 280 g/mol. The van der Waals surface area contributed by atoms with Gasteiger partial charge in [0, 0.05) is 20.3 Å². The van der Waals surface area contributed by atoms with E-state index < -0.39 is 0 Å². The smallest absolute Gasteiger partial charge is 0.104 e. The highest BCUT2D eigenvalue weighted by Crippen LogP contribution is 2.06. The van der Waals surface area contributed by atoms with Crippen LogP contribution in [-0.2, 0) is 23.7 Å². The van der Waals surface area contributed by atoms with Crippen LogP contribution in [0.2, 0.25) is 0 Å². The molecule has 0 aromatic heterocycles. The van der Waals surface area contributed by atoms with Crippen molar-refractivity contribution < 1.29 is 33.9 Å². The van der Waals surface area contributed by atoms with Crippen LogP contribution in [0.25, 0.3) is 0 Å². The first-order valence-electron chi connectivity index (χ1n) is 7.32. The molecule has 7 nitrogen and oxygen atoms in total. The molecule has 0 radical (unpaired) electrons. The molecule has 0 amide bonds. The highest BCUT2D eigenvalue weighted by atomic mass is 16.6. The summed E-state index contributed by atoms with van der Waals surface area (Å²) in [4.78, 5) is 0. The molecular formula is C14H32O7. The molecule has 1 rings (SSSR count). The minimum absolute atomic E-state index is 0.0417. The van der Waals surface area contributed by atoms with Gasteiger partial charge in [0.2, 0.25) is 0 Å². The SMILES string of the molecule is CCOCC.COCC1CO1.OCCOCCOCCO. The van der Waals surface area contributed by atoms with Crippen molar-refractivity contribution in [3.05, 3.63) is 0 Å². The van der Waals surface area contributed by atoms with Gasteiger partial charge in [0.05, 0.1) is 52.9 Å². The second-order valence-corrected chi connectivity index (χ2v) is 3.86. The number of epoxide rings is 1. The Labute approximate surface area is 128 Å². The molecule has 21 heavy (non-hydrogen) atoms. The van der Waals surface area contributed by atoms with Crippen molar-refractivity contribution in [2.75, 3.05) is 73.2 Å². The Kier molecular flexibility index (Phi) is 24.1. The van der Waals surface area contributed by atoms with Crippen LogP contribution in [0.15, 0.2) is 0 Å². The highest BCUT2D eigenvalue weighted by molar-refractivity contribution is 4.66. The molecule has 7 heteroatoms. The predicted molar refractivity (Wildman–Crippen MR) is 79.6 cm³/mol. The average Bonchev–Trinajstić information content (AvgIpc) is 3.30. The molecule has 0 spiro atoms. The lowest BCUT2D eigenvalue weighted by Gasteiger charge is -2.01. The van der Waals surface area contributed by atoms with Gasteiger partial charge in [-0.2, -0.15) is 0 Å². The molecule has 1 atom stereocenters. The van der Waals surface area contributed by atoms with E-state index in [1.54, 1.807) is 7.11 Å². The van der Waals surface area contributed by atoms with Gasteiger partial charge in [-0.3, -0.25) is 0 Å². The van der Waals surface area contributed by atoms with Gasteiger partial charge in [-0.1, -0.05) is 0 Å². The van der Waals surface area contributed by atoms with Gasteiger partial charge in [-0.05, 0) is 13.8 Å². The van der Waals surface area contributed by atoms with Crippen molar-refractivity contribution in [2.24, 2.45) is 0 Å². The first-order chi connectivity index (χ1) is 10.3. The maximum Gasteiger partial charge on any atom is 0.104 e. The fourth-order valence-electron chi connectivity index (χ4n) is 1.01. The first-order valence-corrected chi connectivity index (χ1v) is 7.32. The zero-order valence-corrected chi connectivity index (χ0v) is 13.6. The summed E-state index contributed by atoms with van der Waals surface area (Å²) in [7, 11) is 1.68. The van der Waals surface area contributed by atoms with E-state index in [2.05, 4.69) is 0 Å². The molecule has 0 aromatic carbocycles. The van der Waals surface area contributed by atoms with Crippen molar-refractivity contribution in [1.82, 2.24) is 0 Å². The Morgan fingerprint density at radius 3 is 1.57 bits per heavy atom. The number of hydrogen-bond donors (Lipinski definition) is 2. The van der Waals surface area contributed by atoms with Gasteiger partial charge in [0.25, 0.3) is 0 Å². The Balaban J connectivity index is 0. The van der Waals surface area contributed by atoms with Crippen molar-refractivity contribution in [3.8, 4) is 0 Å². The van der Waals surface area contributed by atoms with Crippen molar-refractivity contribution in [1.29, 1.82) is 0 Å². The Morgan fingerprint density at radius 2 is 1.38 bits per heavy atom. The minimum Gasteiger partial charge on any atom is -0.394 e. The van der Waals surface area contributed by atoms with Crippen LogP contribution >= 0.6 is 0 Å². The molecule has 1 saturated heterocycles. The summed E-state index contributed by atoms with van der Waals surface area (Å²) in [5.74, 6) is 0. The fraction of sp³-hybridized carbons (Fsp3) is 1.00. The third kappa shape index (κ3) is 28.6. The maximum atomic E-state index is 8.26. The lowest BCUT2D eigenvalue weighted by Crippen LogP contribution is -2.09. The van der Waals surface area contributed by atoms with Gasteiger partial charge < -0.3 is 33.9 Å². The van der Waals surface area contributed by atoms with Crippen LogP contribution in [0.4, 0.5) is 0 Å². The monoisotopic (exact) mass is 312 g/mol. The first kappa shape index (κ1) is 23.0. The number of hydrogen-bond acceptors (Lipinski definition) is 7. The zero-order valence-electron chi connectivity index (χ0n) is 13.6. The molecule has 1 aliphatic heterocycles. The zero-order chi connectivity index (χ0) is 16.2. The number of aliphatic hydroxyl groups is 2. The molecule has 0 aliphatic carbocycles. The lowest BCUT2D eigenvalue weighted by atomic mass is 10.5. The molecule has 1 fully saturated rings. The number of ether oxygens (including phenoxy) is 5. The summed E-state index contributed by atoms with van der Waals surface area (Å²) in [6.45, 7) is 9.06. The van der Waals surface area contributed by atoms with Crippen molar-refractivity contribution >= 4 is 0 Å². The van der Waals surface area contributed by atoms with E-state index in [0.717, 1.165) is 26.4 Å². The number of aliphatic hydroxyl groups excluding tert-OH is 2. The van der Waals surface area contributed by atoms with Crippen LogP contribution in [0.5, 0.6) is 0 Å². The fourth-order valence-corrected chi connectivity index (χ4v) is 1.01. The van der Waals surface area contributed by atoms with E-state index in [1.165, 1.54) is 0 Å². The van der Waals surface area contributed by atoms with Crippen LogP contribution in [-0.4, -0.2) is 89.5 Å². The summed E-state index contributed by atoms with van der Waals surface area (Å²) in [5.41, 5.74) is 0. The molecule has 1 unspecified atom stereocenters. The predicted octanol–water partition coefficient (Wildman–Crippen LogP) is 0.0786. The Bertz CT molecular complexity index is 155. The van der Waals surface area contributed by atoms with E-state index in [-0.39, 0.29) is 13.2 Å². The van der Waals surface area contributed by atoms with E-state index in [0.29, 0.717) is 32.5 Å². The molecule has 0 bridgehead atoms. The van der Waals surface area contributed by atoms with Gasteiger partial charge in [-0.15, -0.1) is 0 Å². The van der Waals surface area contributed by atoms with Gasteiger partial charge in [0.15, 0.2) is 0 Å². The maximum absolute atomic E-state index is 8.26. The summed E-state index contributed by atoms with van der Waals surface area (Å²) >= 11 is 0. The average molecular weight is 312 g/mol. The third-order valence-corrected chi connectivity index (χ3v) is 2.01. The number of rotatable bonds is 11. The van der Waals surface area contributed by atoms with E-state index in [1.807, 2.05) is 13.8 Å². The van der Waals surface area contributed by atoms with Crippen molar-refractivity contribution in [2.45, 2.75) is 20.0 Å². The Hall–Kier alpha value is -0.280. The highest BCUT2D eigenvalue weighted by Gasteiger charge is 2.21. The Morgan fingerprint density at radius 1 is 0.905 bits per heavy atom. The van der Waals surface area contributed by atoms with E-state index >= 15 is 0 Å².